The van der Waals surface area contributed by atoms with Crippen LogP contribution in [0.15, 0.2) is 18.5 Å². The number of rotatable bonds is 3. The van der Waals surface area contributed by atoms with E-state index in [2.05, 4.69) is 10.3 Å². The lowest BCUT2D eigenvalue weighted by atomic mass is 9.95. The van der Waals surface area contributed by atoms with Gasteiger partial charge in [-0.15, -0.1) is 0 Å². The number of pyridine rings is 1. The van der Waals surface area contributed by atoms with E-state index in [1.807, 2.05) is 0 Å². The summed E-state index contributed by atoms with van der Waals surface area (Å²) in [6.45, 7) is 1.04. The summed E-state index contributed by atoms with van der Waals surface area (Å²) in [5.41, 5.74) is 0.784. The molecule has 3 rings (SSSR count). The number of hydrogen-bond acceptors (Lipinski definition) is 4. The van der Waals surface area contributed by atoms with Crippen molar-refractivity contribution in [2.75, 3.05) is 13.7 Å². The largest absolute Gasteiger partial charge is 0.496 e. The molecule has 0 bridgehead atoms. The summed E-state index contributed by atoms with van der Waals surface area (Å²) in [4.78, 5) is 4.07. The van der Waals surface area contributed by atoms with E-state index >= 15 is 0 Å². The lowest BCUT2D eigenvalue weighted by Gasteiger charge is -2.28. The third kappa shape index (κ3) is 2.03. The van der Waals surface area contributed by atoms with Crippen LogP contribution in [0.3, 0.4) is 0 Å². The van der Waals surface area contributed by atoms with Gasteiger partial charge in [-0.1, -0.05) is 0 Å². The number of fused-ring (bicyclic) bond motifs is 1. The Hall–Kier alpha value is -1.13. The van der Waals surface area contributed by atoms with Gasteiger partial charge in [-0.3, -0.25) is 4.98 Å². The van der Waals surface area contributed by atoms with Gasteiger partial charge in [0.1, 0.15) is 5.75 Å². The van der Waals surface area contributed by atoms with Crippen LogP contribution in [0.2, 0.25) is 0 Å². The van der Waals surface area contributed by atoms with Crippen molar-refractivity contribution in [1.82, 2.24) is 10.3 Å². The molecule has 2 heterocycles. The maximum atomic E-state index is 10.4. The van der Waals surface area contributed by atoms with Crippen molar-refractivity contribution in [3.8, 4) is 5.75 Å². The molecule has 0 spiro atoms. The first-order chi connectivity index (χ1) is 8.29. The van der Waals surface area contributed by atoms with Crippen LogP contribution in [0.4, 0.5) is 0 Å². The molecule has 17 heavy (non-hydrogen) atoms. The maximum Gasteiger partial charge on any atom is 0.127 e. The highest BCUT2D eigenvalue weighted by Gasteiger charge is 2.44. The molecule has 2 fully saturated rings. The molecular weight excluding hydrogens is 216 g/mol. The van der Waals surface area contributed by atoms with Gasteiger partial charge in [0, 0.05) is 24.0 Å². The summed E-state index contributed by atoms with van der Waals surface area (Å²) in [7, 11) is 1.62. The Morgan fingerprint density at radius 3 is 3.12 bits per heavy atom. The van der Waals surface area contributed by atoms with Crippen LogP contribution in [-0.4, -0.2) is 29.8 Å². The zero-order valence-corrected chi connectivity index (χ0v) is 9.97. The number of ether oxygens (including phenoxy) is 1. The van der Waals surface area contributed by atoms with E-state index in [9.17, 15) is 5.11 Å². The minimum absolute atomic E-state index is 0.136. The fourth-order valence-electron chi connectivity index (χ4n) is 2.82. The van der Waals surface area contributed by atoms with Crippen molar-refractivity contribution >= 4 is 0 Å². The molecule has 1 saturated heterocycles. The van der Waals surface area contributed by atoms with Gasteiger partial charge < -0.3 is 15.2 Å². The number of nitrogens with one attached hydrogen (secondary N) is 1. The Bertz CT molecular complexity index is 410. The number of aliphatic hydroxyl groups excluding tert-OH is 1. The number of aliphatic hydroxyl groups is 1. The highest BCUT2D eigenvalue weighted by atomic mass is 16.5. The van der Waals surface area contributed by atoms with Crippen LogP contribution in [0.25, 0.3) is 0 Å². The van der Waals surface area contributed by atoms with E-state index in [4.69, 9.17) is 4.74 Å². The predicted molar refractivity (Wildman–Crippen MR) is 63.8 cm³/mol. The minimum atomic E-state index is -0.528. The van der Waals surface area contributed by atoms with Gasteiger partial charge in [0.05, 0.1) is 13.2 Å². The Balaban J connectivity index is 1.77. The third-order valence-electron chi connectivity index (χ3n) is 4.00. The van der Waals surface area contributed by atoms with Gasteiger partial charge in [-0.05, 0) is 37.3 Å². The smallest absolute Gasteiger partial charge is 0.127 e. The molecule has 4 heteroatoms. The van der Waals surface area contributed by atoms with Crippen LogP contribution >= 0.6 is 0 Å². The molecule has 92 valence electrons. The topological polar surface area (TPSA) is 54.4 Å². The van der Waals surface area contributed by atoms with Gasteiger partial charge in [0.25, 0.3) is 0 Å². The summed E-state index contributed by atoms with van der Waals surface area (Å²) in [5.74, 6) is 2.39. The quantitative estimate of drug-likeness (QED) is 0.823. The van der Waals surface area contributed by atoms with E-state index in [1.165, 1.54) is 6.42 Å². The predicted octanol–water partition coefficient (Wildman–Crippen LogP) is 1.12. The first-order valence-electron chi connectivity index (χ1n) is 6.19. The molecule has 1 aliphatic carbocycles. The van der Waals surface area contributed by atoms with Gasteiger partial charge in [0.2, 0.25) is 0 Å². The lowest BCUT2D eigenvalue weighted by Crippen LogP contribution is -2.40. The van der Waals surface area contributed by atoms with Crippen molar-refractivity contribution in [3.05, 3.63) is 24.0 Å². The normalized spacial score (nSPS) is 32.7. The van der Waals surface area contributed by atoms with E-state index < -0.39 is 6.10 Å². The number of aromatic nitrogens is 1. The fourth-order valence-corrected chi connectivity index (χ4v) is 2.82. The number of methoxy groups -OCH3 is 1. The van der Waals surface area contributed by atoms with E-state index in [1.54, 1.807) is 25.6 Å². The third-order valence-corrected chi connectivity index (χ3v) is 4.00. The standard InChI is InChI=1S/C13H18N2O2/c1-17-12-2-3-14-7-10(12)13(16)11-5-8-4-9(8)6-15-11/h2-3,7-9,11,13,15-16H,4-6H2,1H3/t8?,9?,11-,13?/m1/s1. The fraction of sp³-hybridized carbons (Fsp3) is 0.615. The van der Waals surface area contributed by atoms with E-state index in [0.29, 0.717) is 5.75 Å². The SMILES string of the molecule is COc1ccncc1C(O)[C@H]1CC2CC2CN1. The molecule has 1 aromatic rings. The van der Waals surface area contributed by atoms with Crippen molar-refractivity contribution in [1.29, 1.82) is 0 Å². The second-order valence-electron chi connectivity index (χ2n) is 5.07. The zero-order chi connectivity index (χ0) is 11.8. The molecular formula is C13H18N2O2. The molecule has 2 aliphatic rings. The molecule has 2 N–H and O–H groups in total. The van der Waals surface area contributed by atoms with Crippen molar-refractivity contribution < 1.29 is 9.84 Å². The Kier molecular flexibility index (Phi) is 2.76. The monoisotopic (exact) mass is 234 g/mol. The van der Waals surface area contributed by atoms with Gasteiger partial charge in [-0.2, -0.15) is 0 Å². The zero-order valence-electron chi connectivity index (χ0n) is 9.97. The van der Waals surface area contributed by atoms with Crippen molar-refractivity contribution in [2.24, 2.45) is 11.8 Å². The Morgan fingerprint density at radius 1 is 1.47 bits per heavy atom. The highest BCUT2D eigenvalue weighted by molar-refractivity contribution is 5.33. The van der Waals surface area contributed by atoms with Crippen LogP contribution in [0, 0.1) is 11.8 Å². The minimum Gasteiger partial charge on any atom is -0.496 e. The highest BCUT2D eigenvalue weighted by Crippen LogP contribution is 2.46. The van der Waals surface area contributed by atoms with E-state index in [0.717, 1.165) is 30.4 Å². The Morgan fingerprint density at radius 2 is 2.35 bits per heavy atom. The summed E-state index contributed by atoms with van der Waals surface area (Å²) >= 11 is 0. The molecule has 0 amide bonds. The summed E-state index contributed by atoms with van der Waals surface area (Å²) in [5, 5.41) is 13.8. The molecule has 1 aromatic heterocycles. The number of hydrogen-bond donors (Lipinski definition) is 2. The van der Waals surface area contributed by atoms with Crippen LogP contribution in [0.1, 0.15) is 24.5 Å². The molecule has 4 nitrogen and oxygen atoms in total. The number of piperidine rings is 1. The Labute approximate surface area is 101 Å². The van der Waals surface area contributed by atoms with Crippen molar-refractivity contribution in [2.45, 2.75) is 25.0 Å². The van der Waals surface area contributed by atoms with Crippen molar-refractivity contribution in [3.63, 3.8) is 0 Å². The average Bonchev–Trinajstić information content (AvgIpc) is 3.16. The van der Waals surface area contributed by atoms with Gasteiger partial charge >= 0.3 is 0 Å². The molecule has 1 saturated carbocycles. The maximum absolute atomic E-state index is 10.4. The first-order valence-corrected chi connectivity index (χ1v) is 6.19. The van der Waals surface area contributed by atoms with Crippen LogP contribution in [0.5, 0.6) is 5.75 Å². The second kappa shape index (κ2) is 4.27. The average molecular weight is 234 g/mol. The van der Waals surface area contributed by atoms with Crippen LogP contribution < -0.4 is 10.1 Å². The first kappa shape index (κ1) is 11.0. The molecule has 3 unspecified atom stereocenters. The van der Waals surface area contributed by atoms with Gasteiger partial charge in [0.15, 0.2) is 0 Å². The molecule has 4 atom stereocenters. The number of nitrogens with zero attached hydrogens (tertiary/aromatic N) is 1. The summed E-state index contributed by atoms with van der Waals surface area (Å²) in [6, 6.07) is 1.93. The van der Waals surface area contributed by atoms with Crippen LogP contribution in [-0.2, 0) is 0 Å². The summed E-state index contributed by atoms with van der Waals surface area (Å²) < 4.78 is 5.27. The molecule has 0 radical (unpaired) electrons. The lowest BCUT2D eigenvalue weighted by molar-refractivity contribution is 0.108. The molecule has 0 aromatic carbocycles. The van der Waals surface area contributed by atoms with Gasteiger partial charge in [-0.25, -0.2) is 0 Å². The summed E-state index contributed by atoms with van der Waals surface area (Å²) in [6.07, 6.45) is 5.23. The second-order valence-corrected chi connectivity index (χ2v) is 5.07. The molecule has 1 aliphatic heterocycles. The van der Waals surface area contributed by atoms with E-state index in [-0.39, 0.29) is 6.04 Å².